The zero-order valence-corrected chi connectivity index (χ0v) is 11.1. The Kier molecular flexibility index (Phi) is 3.55. The molecule has 18 heavy (non-hydrogen) atoms. The van der Waals surface area contributed by atoms with Gasteiger partial charge in [-0.3, -0.25) is 10.1 Å². The second kappa shape index (κ2) is 4.82. The lowest BCUT2D eigenvalue weighted by atomic mass is 10.3. The van der Waals surface area contributed by atoms with Crippen molar-refractivity contribution in [1.29, 1.82) is 0 Å². The number of sulfonamides is 1. The first-order valence-corrected chi connectivity index (χ1v) is 7.73. The molecule has 0 atom stereocenters. The van der Waals surface area contributed by atoms with Crippen molar-refractivity contribution in [2.24, 2.45) is 5.92 Å². The lowest BCUT2D eigenvalue weighted by Gasteiger charge is -2.02. The highest BCUT2D eigenvalue weighted by Crippen LogP contribution is 2.35. The van der Waals surface area contributed by atoms with Crippen molar-refractivity contribution in [3.05, 3.63) is 16.2 Å². The van der Waals surface area contributed by atoms with Crippen LogP contribution in [0.4, 0.5) is 10.7 Å². The minimum atomic E-state index is -3.68. The zero-order valence-electron chi connectivity index (χ0n) is 9.46. The van der Waals surface area contributed by atoms with Gasteiger partial charge in [0.1, 0.15) is 4.21 Å². The third kappa shape index (κ3) is 2.98. The van der Waals surface area contributed by atoms with E-state index >= 15 is 0 Å². The number of thiophene rings is 1. The maximum atomic E-state index is 11.8. The molecule has 1 heterocycles. The molecule has 0 saturated heterocycles. The summed E-state index contributed by atoms with van der Waals surface area (Å²) < 4.78 is 26.0. The van der Waals surface area contributed by atoms with Gasteiger partial charge in [0.15, 0.2) is 5.00 Å². The van der Waals surface area contributed by atoms with Gasteiger partial charge in [0.05, 0.1) is 4.92 Å². The topological polar surface area (TPSA) is 115 Å². The molecule has 0 aliphatic heterocycles. The maximum Gasteiger partial charge on any atom is 0.304 e. The van der Waals surface area contributed by atoms with E-state index in [2.05, 4.69) is 4.72 Å². The Morgan fingerprint density at radius 3 is 2.72 bits per heavy atom. The summed E-state index contributed by atoms with van der Waals surface area (Å²) in [5.41, 5.74) is 5.05. The largest absolute Gasteiger partial charge is 0.385 e. The molecule has 100 valence electrons. The van der Waals surface area contributed by atoms with Crippen LogP contribution >= 0.6 is 11.3 Å². The summed E-state index contributed by atoms with van der Waals surface area (Å²) >= 11 is 0.710. The van der Waals surface area contributed by atoms with E-state index in [9.17, 15) is 18.5 Å². The maximum absolute atomic E-state index is 11.8. The van der Waals surface area contributed by atoms with Crippen LogP contribution in [0.2, 0.25) is 0 Å². The summed E-state index contributed by atoms with van der Waals surface area (Å²) in [6, 6.07) is 0.999. The molecule has 1 aliphatic rings. The van der Waals surface area contributed by atoms with Gasteiger partial charge in [0.25, 0.3) is 0 Å². The fourth-order valence-electron chi connectivity index (χ4n) is 1.52. The van der Waals surface area contributed by atoms with E-state index in [4.69, 9.17) is 5.73 Å². The van der Waals surface area contributed by atoms with Crippen LogP contribution in [-0.4, -0.2) is 19.9 Å². The molecule has 3 N–H and O–H groups in total. The molecule has 1 aromatic rings. The van der Waals surface area contributed by atoms with Crippen molar-refractivity contribution in [2.45, 2.75) is 23.5 Å². The van der Waals surface area contributed by atoms with Crippen LogP contribution in [0, 0.1) is 16.0 Å². The summed E-state index contributed by atoms with van der Waals surface area (Å²) in [6.07, 6.45) is 3.11. The van der Waals surface area contributed by atoms with Gasteiger partial charge in [-0.25, -0.2) is 13.1 Å². The van der Waals surface area contributed by atoms with Gasteiger partial charge in [-0.05, 0) is 12.3 Å². The fraction of sp³-hybridized carbons (Fsp3) is 0.556. The molecule has 0 aromatic carbocycles. The molecule has 1 aliphatic carbocycles. The molecule has 1 aromatic heterocycles. The predicted octanol–water partition coefficient (Wildman–Crippen LogP) is 1.32. The standard InChI is InChI=1S/C9H13N3O4S2/c10-9-7(12(13)14)5-8(17-9)18(15,16)11-4-3-6-1-2-6/h5-6,11H,1-4,10H2. The molecule has 1 fully saturated rings. The van der Waals surface area contributed by atoms with Crippen LogP contribution in [0.5, 0.6) is 0 Å². The van der Waals surface area contributed by atoms with Crippen molar-refractivity contribution in [1.82, 2.24) is 4.72 Å². The number of rotatable bonds is 6. The van der Waals surface area contributed by atoms with E-state index in [1.807, 2.05) is 0 Å². The molecule has 0 radical (unpaired) electrons. The fourth-order valence-corrected chi connectivity index (χ4v) is 3.83. The van der Waals surface area contributed by atoms with E-state index in [1.165, 1.54) is 0 Å². The third-order valence-electron chi connectivity index (χ3n) is 2.72. The highest BCUT2D eigenvalue weighted by Gasteiger charge is 2.26. The Labute approximate surface area is 108 Å². The van der Waals surface area contributed by atoms with Gasteiger partial charge in [-0.2, -0.15) is 0 Å². The number of nitrogens with one attached hydrogen (secondary N) is 1. The predicted molar refractivity (Wildman–Crippen MR) is 67.9 cm³/mol. The SMILES string of the molecule is Nc1sc(S(=O)(=O)NCCC2CC2)cc1[N+](=O)[O-]. The van der Waals surface area contributed by atoms with E-state index in [1.54, 1.807) is 0 Å². The monoisotopic (exact) mass is 291 g/mol. The van der Waals surface area contributed by atoms with Crippen molar-refractivity contribution in [3.8, 4) is 0 Å². The minimum Gasteiger partial charge on any atom is -0.385 e. The second-order valence-corrected chi connectivity index (χ2v) is 7.28. The van der Waals surface area contributed by atoms with Crippen LogP contribution < -0.4 is 10.5 Å². The lowest BCUT2D eigenvalue weighted by molar-refractivity contribution is -0.383. The Hall–Kier alpha value is -1.19. The Morgan fingerprint density at radius 2 is 2.22 bits per heavy atom. The average molecular weight is 291 g/mol. The summed E-state index contributed by atoms with van der Waals surface area (Å²) in [6.45, 7) is 0.360. The second-order valence-electron chi connectivity index (χ2n) is 4.20. The average Bonchev–Trinajstić information content (AvgIpc) is 2.98. The minimum absolute atomic E-state index is 0.0948. The molecule has 1 saturated carbocycles. The van der Waals surface area contributed by atoms with Crippen LogP contribution in [0.3, 0.4) is 0 Å². The highest BCUT2D eigenvalue weighted by molar-refractivity contribution is 7.91. The van der Waals surface area contributed by atoms with E-state index < -0.39 is 14.9 Å². The number of hydrogen-bond acceptors (Lipinski definition) is 6. The van der Waals surface area contributed by atoms with Crippen LogP contribution in [-0.2, 0) is 10.0 Å². The molecule has 2 rings (SSSR count). The van der Waals surface area contributed by atoms with Crippen LogP contribution in [0.25, 0.3) is 0 Å². The molecule has 9 heteroatoms. The van der Waals surface area contributed by atoms with Crippen molar-refractivity contribution >= 4 is 32.0 Å². The number of nitrogens with zero attached hydrogens (tertiary/aromatic N) is 1. The first kappa shape index (κ1) is 13.2. The molecular formula is C9H13N3O4S2. The third-order valence-corrected chi connectivity index (χ3v) is 5.61. The summed E-state index contributed by atoms with van der Waals surface area (Å²) in [4.78, 5) is 9.91. The summed E-state index contributed by atoms with van der Waals surface area (Å²) in [5, 5.41) is 10.5. The Morgan fingerprint density at radius 1 is 1.56 bits per heavy atom. The zero-order chi connectivity index (χ0) is 13.3. The molecular weight excluding hydrogens is 278 g/mol. The number of nitrogens with two attached hydrogens (primary N) is 1. The van der Waals surface area contributed by atoms with E-state index in [0.29, 0.717) is 23.8 Å². The van der Waals surface area contributed by atoms with E-state index in [-0.39, 0.29) is 14.9 Å². The quantitative estimate of drug-likeness (QED) is 0.605. The van der Waals surface area contributed by atoms with Gasteiger partial charge in [-0.1, -0.05) is 24.2 Å². The molecule has 0 bridgehead atoms. The van der Waals surface area contributed by atoms with Gasteiger partial charge in [0.2, 0.25) is 10.0 Å². The lowest BCUT2D eigenvalue weighted by Crippen LogP contribution is -2.24. The summed E-state index contributed by atoms with van der Waals surface area (Å²) in [7, 11) is -3.68. The van der Waals surface area contributed by atoms with Crippen molar-refractivity contribution < 1.29 is 13.3 Å². The number of anilines is 1. The first-order valence-electron chi connectivity index (χ1n) is 5.43. The van der Waals surface area contributed by atoms with Crippen LogP contribution in [0.1, 0.15) is 19.3 Å². The number of nitro groups is 1. The normalized spacial score (nSPS) is 15.8. The highest BCUT2D eigenvalue weighted by atomic mass is 32.2. The molecule has 0 unspecified atom stereocenters. The molecule has 0 amide bonds. The first-order chi connectivity index (χ1) is 8.40. The van der Waals surface area contributed by atoms with E-state index in [0.717, 1.165) is 25.3 Å². The van der Waals surface area contributed by atoms with Gasteiger partial charge >= 0.3 is 5.69 Å². The Balaban J connectivity index is 2.08. The van der Waals surface area contributed by atoms with Gasteiger partial charge in [-0.15, -0.1) is 0 Å². The van der Waals surface area contributed by atoms with Gasteiger partial charge in [0, 0.05) is 12.6 Å². The number of nitrogen functional groups attached to an aromatic ring is 1. The van der Waals surface area contributed by atoms with Crippen molar-refractivity contribution in [2.75, 3.05) is 12.3 Å². The van der Waals surface area contributed by atoms with Crippen LogP contribution in [0.15, 0.2) is 10.3 Å². The smallest absolute Gasteiger partial charge is 0.304 e. The molecule has 7 nitrogen and oxygen atoms in total. The van der Waals surface area contributed by atoms with Crippen molar-refractivity contribution in [3.63, 3.8) is 0 Å². The Bertz CT molecular complexity index is 562. The molecule has 0 spiro atoms. The van der Waals surface area contributed by atoms with Gasteiger partial charge < -0.3 is 5.73 Å². The number of hydrogen-bond donors (Lipinski definition) is 2. The summed E-state index contributed by atoms with van der Waals surface area (Å²) in [5.74, 6) is 0.621.